The molecular formula is C21H37NO4. The molecule has 0 aromatic heterocycles. The van der Waals surface area contributed by atoms with Crippen LogP contribution in [0.2, 0.25) is 0 Å². The number of hydrogen-bond donors (Lipinski definition) is 1. The summed E-state index contributed by atoms with van der Waals surface area (Å²) in [7, 11) is 0. The van der Waals surface area contributed by atoms with Crippen LogP contribution in [0.3, 0.4) is 0 Å². The third-order valence-corrected chi connectivity index (χ3v) is 5.26. The van der Waals surface area contributed by atoms with E-state index in [0.717, 1.165) is 24.2 Å². The topological polar surface area (TPSA) is 74.7 Å². The Hall–Kier alpha value is -1.39. The van der Waals surface area contributed by atoms with Gasteiger partial charge in [0.25, 0.3) is 0 Å². The van der Waals surface area contributed by atoms with Crippen LogP contribution in [0.4, 0.5) is 0 Å². The van der Waals surface area contributed by atoms with Crippen LogP contribution in [0.1, 0.15) is 110 Å². The smallest absolute Gasteiger partial charge is 0.326 e. The summed E-state index contributed by atoms with van der Waals surface area (Å²) in [6.45, 7) is 2.24. The maximum absolute atomic E-state index is 12.1. The van der Waals surface area contributed by atoms with Crippen LogP contribution in [0.5, 0.6) is 0 Å². The number of carboxylic acid groups (broad SMARTS) is 1. The van der Waals surface area contributed by atoms with Crippen molar-refractivity contribution in [3.05, 3.63) is 0 Å². The van der Waals surface area contributed by atoms with Gasteiger partial charge in [0.1, 0.15) is 6.04 Å². The van der Waals surface area contributed by atoms with E-state index in [1.807, 2.05) is 0 Å². The van der Waals surface area contributed by atoms with E-state index in [0.29, 0.717) is 0 Å². The van der Waals surface area contributed by atoms with Crippen molar-refractivity contribution in [2.45, 2.75) is 116 Å². The van der Waals surface area contributed by atoms with E-state index in [-0.39, 0.29) is 31.1 Å². The molecule has 1 saturated heterocycles. The molecule has 1 atom stereocenters. The number of unbranched alkanes of at least 4 members (excludes halogenated alkanes) is 12. The normalized spacial score (nSPS) is 17.0. The SMILES string of the molecule is CCCCCCCCCCCCCCCC(=O)N1C(=O)CC[C@H]1C(=O)O. The molecular weight excluding hydrogens is 330 g/mol. The molecule has 1 aliphatic heterocycles. The first kappa shape index (κ1) is 22.7. The van der Waals surface area contributed by atoms with Crippen molar-refractivity contribution in [3.63, 3.8) is 0 Å². The molecule has 0 saturated carbocycles. The largest absolute Gasteiger partial charge is 0.480 e. The number of aliphatic carboxylic acids is 1. The Balaban J connectivity index is 1.96. The van der Waals surface area contributed by atoms with Gasteiger partial charge in [0.15, 0.2) is 0 Å². The van der Waals surface area contributed by atoms with Gasteiger partial charge in [-0.3, -0.25) is 14.5 Å². The first-order chi connectivity index (χ1) is 12.6. The Morgan fingerprint density at radius 2 is 1.35 bits per heavy atom. The van der Waals surface area contributed by atoms with E-state index >= 15 is 0 Å². The van der Waals surface area contributed by atoms with Crippen molar-refractivity contribution in [1.82, 2.24) is 4.90 Å². The summed E-state index contributed by atoms with van der Waals surface area (Å²) in [6.07, 6.45) is 16.8. The lowest BCUT2D eigenvalue weighted by Crippen LogP contribution is -2.42. The van der Waals surface area contributed by atoms with Crippen LogP contribution >= 0.6 is 0 Å². The number of hydrogen-bond acceptors (Lipinski definition) is 3. The van der Waals surface area contributed by atoms with Gasteiger partial charge >= 0.3 is 5.97 Å². The highest BCUT2D eigenvalue weighted by molar-refractivity contribution is 6.01. The van der Waals surface area contributed by atoms with Crippen molar-refractivity contribution < 1.29 is 19.5 Å². The first-order valence-electron chi connectivity index (χ1n) is 10.7. The quantitative estimate of drug-likeness (QED) is 0.410. The number of carbonyl (C=O) groups excluding carboxylic acids is 2. The van der Waals surface area contributed by atoms with Gasteiger partial charge in [-0.05, 0) is 12.8 Å². The molecule has 0 bridgehead atoms. The molecule has 0 aromatic carbocycles. The Kier molecular flexibility index (Phi) is 12.0. The van der Waals surface area contributed by atoms with E-state index in [2.05, 4.69) is 6.92 Å². The molecule has 1 rings (SSSR count). The number of nitrogens with zero attached hydrogens (tertiary/aromatic N) is 1. The van der Waals surface area contributed by atoms with Gasteiger partial charge in [0.2, 0.25) is 11.8 Å². The second-order valence-corrected chi connectivity index (χ2v) is 7.54. The third kappa shape index (κ3) is 8.81. The van der Waals surface area contributed by atoms with Gasteiger partial charge < -0.3 is 5.11 Å². The highest BCUT2D eigenvalue weighted by Gasteiger charge is 2.39. The summed E-state index contributed by atoms with van der Waals surface area (Å²) in [6, 6.07) is -0.947. The second kappa shape index (κ2) is 13.8. The first-order valence-corrected chi connectivity index (χ1v) is 10.7. The van der Waals surface area contributed by atoms with Crippen LogP contribution in [0.15, 0.2) is 0 Å². The molecule has 0 aromatic rings. The second-order valence-electron chi connectivity index (χ2n) is 7.54. The minimum absolute atomic E-state index is 0.168. The van der Waals surface area contributed by atoms with Crippen LogP contribution < -0.4 is 0 Å². The summed E-state index contributed by atoms with van der Waals surface area (Å²) < 4.78 is 0. The number of carboxylic acids is 1. The standard InChI is InChI=1S/C21H37NO4/c1-2-3-4-5-6-7-8-9-10-11-12-13-14-15-19(23)22-18(21(25)26)16-17-20(22)24/h18H,2-17H2,1H3,(H,25,26)/t18-/m0/s1. The summed E-state index contributed by atoms with van der Waals surface area (Å²) in [5.41, 5.74) is 0. The molecule has 26 heavy (non-hydrogen) atoms. The zero-order valence-electron chi connectivity index (χ0n) is 16.5. The summed E-state index contributed by atoms with van der Waals surface area (Å²) in [5, 5.41) is 9.09. The van der Waals surface area contributed by atoms with Crippen LogP contribution in [0, 0.1) is 0 Å². The molecule has 2 amide bonds. The fourth-order valence-electron chi connectivity index (χ4n) is 3.64. The van der Waals surface area contributed by atoms with Crippen molar-refractivity contribution in [2.75, 3.05) is 0 Å². The van der Waals surface area contributed by atoms with Crippen LogP contribution in [-0.2, 0) is 14.4 Å². The molecule has 5 nitrogen and oxygen atoms in total. The van der Waals surface area contributed by atoms with Gasteiger partial charge in [-0.2, -0.15) is 0 Å². The zero-order chi connectivity index (χ0) is 19.2. The highest BCUT2D eigenvalue weighted by atomic mass is 16.4. The molecule has 0 unspecified atom stereocenters. The van der Waals surface area contributed by atoms with Gasteiger partial charge in [-0.1, -0.05) is 84.0 Å². The number of amides is 2. The molecule has 5 heteroatoms. The number of imide groups is 1. The van der Waals surface area contributed by atoms with E-state index in [9.17, 15) is 14.4 Å². The average molecular weight is 368 g/mol. The lowest BCUT2D eigenvalue weighted by atomic mass is 10.0. The average Bonchev–Trinajstić information content (AvgIpc) is 3.00. The maximum atomic E-state index is 12.1. The fourth-order valence-corrected chi connectivity index (χ4v) is 3.64. The van der Waals surface area contributed by atoms with E-state index in [1.54, 1.807) is 0 Å². The lowest BCUT2D eigenvalue weighted by molar-refractivity contribution is -0.154. The molecule has 0 radical (unpaired) electrons. The van der Waals surface area contributed by atoms with E-state index < -0.39 is 12.0 Å². The molecule has 1 heterocycles. The van der Waals surface area contributed by atoms with Crippen molar-refractivity contribution in [1.29, 1.82) is 0 Å². The number of carbonyl (C=O) groups is 3. The van der Waals surface area contributed by atoms with Crippen LogP contribution in [0.25, 0.3) is 0 Å². The lowest BCUT2D eigenvalue weighted by Gasteiger charge is -2.19. The number of rotatable bonds is 15. The maximum Gasteiger partial charge on any atom is 0.326 e. The highest BCUT2D eigenvalue weighted by Crippen LogP contribution is 2.21. The Morgan fingerprint density at radius 3 is 1.81 bits per heavy atom. The summed E-state index contributed by atoms with van der Waals surface area (Å²) >= 11 is 0. The van der Waals surface area contributed by atoms with Gasteiger partial charge in [0, 0.05) is 12.8 Å². The van der Waals surface area contributed by atoms with Crippen molar-refractivity contribution in [2.24, 2.45) is 0 Å². The van der Waals surface area contributed by atoms with Crippen LogP contribution in [-0.4, -0.2) is 33.8 Å². The van der Waals surface area contributed by atoms with Crippen molar-refractivity contribution >= 4 is 17.8 Å². The predicted octanol–water partition coefficient (Wildman–Crippen LogP) is 5.07. The van der Waals surface area contributed by atoms with E-state index in [4.69, 9.17) is 5.11 Å². The van der Waals surface area contributed by atoms with Gasteiger partial charge in [0.05, 0.1) is 0 Å². The van der Waals surface area contributed by atoms with Gasteiger partial charge in [-0.15, -0.1) is 0 Å². The van der Waals surface area contributed by atoms with E-state index in [1.165, 1.54) is 64.2 Å². The summed E-state index contributed by atoms with van der Waals surface area (Å²) in [5.74, 6) is -1.73. The molecule has 1 N–H and O–H groups in total. The van der Waals surface area contributed by atoms with Gasteiger partial charge in [-0.25, -0.2) is 4.79 Å². The Morgan fingerprint density at radius 1 is 0.885 bits per heavy atom. The van der Waals surface area contributed by atoms with Crippen molar-refractivity contribution in [3.8, 4) is 0 Å². The molecule has 1 fully saturated rings. The minimum Gasteiger partial charge on any atom is -0.480 e. The molecule has 0 spiro atoms. The Bertz CT molecular complexity index is 436. The predicted molar refractivity (Wildman–Crippen MR) is 103 cm³/mol. The fraction of sp³-hybridized carbons (Fsp3) is 0.857. The minimum atomic E-state index is -1.07. The number of likely N-dealkylation sites (tertiary alicyclic amines) is 1. The summed E-state index contributed by atoms with van der Waals surface area (Å²) in [4.78, 5) is 35.9. The molecule has 0 aliphatic carbocycles. The molecule has 150 valence electrons. The molecule has 1 aliphatic rings. The zero-order valence-corrected chi connectivity index (χ0v) is 16.5. The Labute approximate surface area is 158 Å². The monoisotopic (exact) mass is 367 g/mol. The third-order valence-electron chi connectivity index (χ3n) is 5.26.